The second kappa shape index (κ2) is 4.97. The minimum absolute atomic E-state index is 0.826. The van der Waals surface area contributed by atoms with Gasteiger partial charge in [-0.2, -0.15) is 0 Å². The van der Waals surface area contributed by atoms with Crippen LogP contribution in [-0.4, -0.2) is 12.6 Å². The van der Waals surface area contributed by atoms with E-state index in [1.54, 1.807) is 5.57 Å². The van der Waals surface area contributed by atoms with E-state index in [1.807, 2.05) is 0 Å². The number of nitrogens with one attached hydrogen (secondary N) is 1. The smallest absolute Gasteiger partial charge is 0.00698 e. The van der Waals surface area contributed by atoms with Gasteiger partial charge in [0.2, 0.25) is 0 Å². The lowest BCUT2D eigenvalue weighted by molar-refractivity contribution is 0.504. The Bertz CT molecular complexity index is 207. The van der Waals surface area contributed by atoms with E-state index in [4.69, 9.17) is 0 Å². The first kappa shape index (κ1) is 10.2. The van der Waals surface area contributed by atoms with E-state index >= 15 is 0 Å². The Morgan fingerprint density at radius 1 is 1.43 bits per heavy atom. The van der Waals surface area contributed by atoms with Gasteiger partial charge >= 0.3 is 0 Å². The normalized spacial score (nSPS) is 32.2. The van der Waals surface area contributed by atoms with Crippen molar-refractivity contribution < 1.29 is 0 Å². The van der Waals surface area contributed by atoms with Crippen molar-refractivity contribution >= 4 is 0 Å². The molecule has 2 aliphatic carbocycles. The fraction of sp³-hybridized carbons (Fsp3) is 0.846. The van der Waals surface area contributed by atoms with Gasteiger partial charge in [-0.15, -0.1) is 0 Å². The molecule has 2 unspecified atom stereocenters. The third kappa shape index (κ3) is 2.84. The molecule has 0 aliphatic heterocycles. The van der Waals surface area contributed by atoms with Gasteiger partial charge in [0.25, 0.3) is 0 Å². The third-order valence-corrected chi connectivity index (χ3v) is 3.71. The second-order valence-electron chi connectivity index (χ2n) is 5.07. The van der Waals surface area contributed by atoms with Gasteiger partial charge in [-0.3, -0.25) is 0 Å². The molecule has 2 rings (SSSR count). The Morgan fingerprint density at radius 3 is 3.00 bits per heavy atom. The molecule has 0 radical (unpaired) electrons. The van der Waals surface area contributed by atoms with Crippen molar-refractivity contribution in [3.05, 3.63) is 11.6 Å². The van der Waals surface area contributed by atoms with Crippen LogP contribution in [0.1, 0.15) is 51.9 Å². The van der Waals surface area contributed by atoms with Crippen molar-refractivity contribution in [2.75, 3.05) is 6.54 Å². The fourth-order valence-electron chi connectivity index (χ4n) is 2.79. The van der Waals surface area contributed by atoms with Crippen molar-refractivity contribution in [3.8, 4) is 0 Å². The van der Waals surface area contributed by atoms with Gasteiger partial charge in [-0.05, 0) is 57.4 Å². The predicted octanol–water partition coefficient (Wildman–Crippen LogP) is 3.27. The molecule has 1 fully saturated rings. The van der Waals surface area contributed by atoms with Crippen LogP contribution in [0.5, 0.6) is 0 Å². The molecule has 1 N–H and O–H groups in total. The predicted molar refractivity (Wildman–Crippen MR) is 61.4 cm³/mol. The standard InChI is InChI=1S/C13H23N/c1-11-6-7-13(10-11)14-9-8-12-4-2-3-5-12/h4,11,13-14H,2-3,5-10H2,1H3. The lowest BCUT2D eigenvalue weighted by Gasteiger charge is -2.12. The molecule has 0 amide bonds. The van der Waals surface area contributed by atoms with Crippen molar-refractivity contribution in [3.63, 3.8) is 0 Å². The SMILES string of the molecule is CC1CCC(NCCC2=CCCC2)C1. The fourth-order valence-corrected chi connectivity index (χ4v) is 2.79. The molecule has 0 aromatic rings. The summed E-state index contributed by atoms with van der Waals surface area (Å²) in [6.45, 7) is 3.59. The topological polar surface area (TPSA) is 12.0 Å². The summed E-state index contributed by atoms with van der Waals surface area (Å²) in [7, 11) is 0. The Labute approximate surface area is 88.0 Å². The number of hydrogen-bond acceptors (Lipinski definition) is 1. The summed E-state index contributed by atoms with van der Waals surface area (Å²) in [5.74, 6) is 0.957. The minimum atomic E-state index is 0.826. The van der Waals surface area contributed by atoms with Gasteiger partial charge in [-0.1, -0.05) is 18.6 Å². The average Bonchev–Trinajstić information content (AvgIpc) is 2.77. The highest BCUT2D eigenvalue weighted by atomic mass is 14.9. The summed E-state index contributed by atoms with van der Waals surface area (Å²) in [5, 5.41) is 3.70. The molecule has 2 aliphatic rings. The molecule has 0 heterocycles. The number of allylic oxidation sites excluding steroid dienone is 1. The lowest BCUT2D eigenvalue weighted by Crippen LogP contribution is -2.27. The number of rotatable bonds is 4. The zero-order valence-corrected chi connectivity index (χ0v) is 9.39. The number of hydrogen-bond donors (Lipinski definition) is 1. The van der Waals surface area contributed by atoms with Crippen LogP contribution in [-0.2, 0) is 0 Å². The molecule has 0 aromatic heterocycles. The molecule has 0 aromatic carbocycles. The summed E-state index contributed by atoms with van der Waals surface area (Å²) < 4.78 is 0. The lowest BCUT2D eigenvalue weighted by atomic mass is 10.1. The minimum Gasteiger partial charge on any atom is -0.314 e. The van der Waals surface area contributed by atoms with Crippen LogP contribution in [0.3, 0.4) is 0 Å². The maximum absolute atomic E-state index is 3.70. The summed E-state index contributed by atoms with van der Waals surface area (Å²) in [6.07, 6.45) is 12.1. The van der Waals surface area contributed by atoms with Crippen molar-refractivity contribution in [1.29, 1.82) is 0 Å². The van der Waals surface area contributed by atoms with Crippen molar-refractivity contribution in [2.24, 2.45) is 5.92 Å². The molecule has 14 heavy (non-hydrogen) atoms. The summed E-state index contributed by atoms with van der Waals surface area (Å²) >= 11 is 0. The quantitative estimate of drug-likeness (QED) is 0.676. The second-order valence-corrected chi connectivity index (χ2v) is 5.07. The van der Waals surface area contributed by atoms with Crippen LogP contribution in [0.4, 0.5) is 0 Å². The highest BCUT2D eigenvalue weighted by molar-refractivity contribution is 5.07. The summed E-state index contributed by atoms with van der Waals surface area (Å²) in [5.41, 5.74) is 1.70. The zero-order chi connectivity index (χ0) is 9.80. The highest BCUT2D eigenvalue weighted by Gasteiger charge is 2.20. The van der Waals surface area contributed by atoms with Crippen LogP contribution in [0.25, 0.3) is 0 Å². The first-order valence-electron chi connectivity index (χ1n) is 6.26. The van der Waals surface area contributed by atoms with Gasteiger partial charge in [0.05, 0.1) is 0 Å². The van der Waals surface area contributed by atoms with Crippen molar-refractivity contribution in [2.45, 2.75) is 57.9 Å². The molecule has 0 saturated heterocycles. The largest absolute Gasteiger partial charge is 0.314 e. The Balaban J connectivity index is 1.58. The Hall–Kier alpha value is -0.300. The molecule has 1 saturated carbocycles. The zero-order valence-electron chi connectivity index (χ0n) is 9.39. The molecular formula is C13H23N. The van der Waals surface area contributed by atoms with E-state index in [1.165, 1.54) is 51.5 Å². The first-order chi connectivity index (χ1) is 6.84. The average molecular weight is 193 g/mol. The van der Waals surface area contributed by atoms with E-state index in [0.717, 1.165) is 12.0 Å². The maximum Gasteiger partial charge on any atom is 0.00698 e. The third-order valence-electron chi connectivity index (χ3n) is 3.71. The van der Waals surface area contributed by atoms with Crippen LogP contribution < -0.4 is 5.32 Å². The molecule has 80 valence electrons. The molecular weight excluding hydrogens is 170 g/mol. The molecule has 0 spiro atoms. The van der Waals surface area contributed by atoms with E-state index in [-0.39, 0.29) is 0 Å². The van der Waals surface area contributed by atoms with Crippen LogP contribution in [0, 0.1) is 5.92 Å². The van der Waals surface area contributed by atoms with Gasteiger partial charge < -0.3 is 5.32 Å². The Kier molecular flexibility index (Phi) is 3.63. The molecule has 2 atom stereocenters. The van der Waals surface area contributed by atoms with Gasteiger partial charge in [0.1, 0.15) is 0 Å². The monoisotopic (exact) mass is 193 g/mol. The summed E-state index contributed by atoms with van der Waals surface area (Å²) in [6, 6.07) is 0.826. The highest BCUT2D eigenvalue weighted by Crippen LogP contribution is 2.25. The van der Waals surface area contributed by atoms with Gasteiger partial charge in [-0.25, -0.2) is 0 Å². The first-order valence-corrected chi connectivity index (χ1v) is 6.26. The Morgan fingerprint density at radius 2 is 2.36 bits per heavy atom. The van der Waals surface area contributed by atoms with E-state index in [2.05, 4.69) is 18.3 Å². The van der Waals surface area contributed by atoms with Crippen LogP contribution >= 0.6 is 0 Å². The van der Waals surface area contributed by atoms with Crippen molar-refractivity contribution in [1.82, 2.24) is 5.32 Å². The van der Waals surface area contributed by atoms with E-state index < -0.39 is 0 Å². The van der Waals surface area contributed by atoms with Gasteiger partial charge in [0, 0.05) is 6.04 Å². The van der Waals surface area contributed by atoms with Crippen LogP contribution in [0.2, 0.25) is 0 Å². The maximum atomic E-state index is 3.70. The van der Waals surface area contributed by atoms with Crippen LogP contribution in [0.15, 0.2) is 11.6 Å². The molecule has 0 bridgehead atoms. The molecule has 1 heteroatoms. The summed E-state index contributed by atoms with van der Waals surface area (Å²) in [4.78, 5) is 0. The van der Waals surface area contributed by atoms with E-state index in [9.17, 15) is 0 Å². The molecule has 1 nitrogen and oxygen atoms in total. The van der Waals surface area contributed by atoms with Gasteiger partial charge in [0.15, 0.2) is 0 Å². The van der Waals surface area contributed by atoms with E-state index in [0.29, 0.717) is 0 Å².